The second kappa shape index (κ2) is 12.5. The Kier molecular flexibility index (Phi) is 7.74. The number of aryl methyl sites for hydroxylation is 1. The highest BCUT2D eigenvalue weighted by molar-refractivity contribution is 6.12. The molecule has 0 N–H and O–H groups in total. The van der Waals surface area contributed by atoms with Crippen molar-refractivity contribution in [2.45, 2.75) is 33.7 Å². The summed E-state index contributed by atoms with van der Waals surface area (Å²) in [7, 11) is 0. The van der Waals surface area contributed by atoms with Gasteiger partial charge in [0.15, 0.2) is 0 Å². The quantitative estimate of drug-likeness (QED) is 0.122. The maximum atomic E-state index is 5.26. The van der Waals surface area contributed by atoms with Gasteiger partial charge in [0.05, 0.1) is 17.1 Å². The van der Waals surface area contributed by atoms with Crippen LogP contribution in [0.3, 0.4) is 0 Å². The van der Waals surface area contributed by atoms with Gasteiger partial charge in [-0.05, 0) is 107 Å². The predicted molar refractivity (Wildman–Crippen MR) is 205 cm³/mol. The highest BCUT2D eigenvalue weighted by atomic mass is 15.5. The van der Waals surface area contributed by atoms with Crippen molar-refractivity contribution in [1.29, 1.82) is 0 Å². The van der Waals surface area contributed by atoms with Crippen molar-refractivity contribution < 1.29 is 0 Å². The van der Waals surface area contributed by atoms with Crippen LogP contribution in [0.2, 0.25) is 0 Å². The minimum atomic E-state index is 0.653. The number of fused-ring (bicyclic) bond motifs is 6. The Morgan fingerprint density at radius 1 is 0.625 bits per heavy atom. The lowest BCUT2D eigenvalue weighted by Crippen LogP contribution is -2.12. The Balaban J connectivity index is 1.16. The molecule has 0 bridgehead atoms. The molecule has 234 valence electrons. The first-order valence-corrected chi connectivity index (χ1v) is 17.0. The maximum absolute atomic E-state index is 5.26. The molecule has 7 aromatic rings. The summed E-state index contributed by atoms with van der Waals surface area (Å²) in [5.74, 6) is 0.653. The average molecular weight is 622 g/mol. The van der Waals surface area contributed by atoms with E-state index in [-0.39, 0.29) is 0 Å². The number of rotatable bonds is 8. The van der Waals surface area contributed by atoms with E-state index in [9.17, 15) is 0 Å². The molecule has 8 rings (SSSR count). The topological polar surface area (TPSA) is 20.5 Å². The van der Waals surface area contributed by atoms with Crippen LogP contribution >= 0.6 is 0 Å². The number of nitrogens with zero attached hydrogens (tertiary/aromatic N) is 3. The van der Waals surface area contributed by atoms with Crippen LogP contribution in [0.15, 0.2) is 151 Å². The van der Waals surface area contributed by atoms with Crippen molar-refractivity contribution in [2.24, 2.45) is 11.0 Å². The molecule has 0 aliphatic heterocycles. The fourth-order valence-electron chi connectivity index (χ4n) is 7.03. The van der Waals surface area contributed by atoms with Gasteiger partial charge in [-0.25, -0.2) is 5.01 Å². The van der Waals surface area contributed by atoms with E-state index in [0.717, 1.165) is 41.2 Å². The third-order valence-electron chi connectivity index (χ3n) is 9.54. The molecule has 3 heteroatoms. The second-order valence-electron chi connectivity index (χ2n) is 13.2. The molecule has 0 amide bonds. The summed E-state index contributed by atoms with van der Waals surface area (Å²) < 4.78 is 2.48. The molecule has 0 fully saturated rings. The highest BCUT2D eigenvalue weighted by Gasteiger charge is 2.22. The van der Waals surface area contributed by atoms with Gasteiger partial charge in [-0.2, -0.15) is 5.10 Å². The van der Waals surface area contributed by atoms with Gasteiger partial charge >= 0.3 is 0 Å². The zero-order valence-corrected chi connectivity index (χ0v) is 27.8. The molecular formula is C45H39N3. The van der Waals surface area contributed by atoms with Crippen LogP contribution in [0.1, 0.15) is 49.4 Å². The Labute approximate surface area is 283 Å². The van der Waals surface area contributed by atoms with Crippen molar-refractivity contribution >= 4 is 50.5 Å². The van der Waals surface area contributed by atoms with E-state index < -0.39 is 0 Å². The van der Waals surface area contributed by atoms with E-state index in [4.69, 9.17) is 5.10 Å². The van der Waals surface area contributed by atoms with E-state index in [1.54, 1.807) is 0 Å². The average Bonchev–Trinajstić information content (AvgIpc) is 3.62. The molecule has 3 nitrogen and oxygen atoms in total. The van der Waals surface area contributed by atoms with Gasteiger partial charge in [0.25, 0.3) is 0 Å². The van der Waals surface area contributed by atoms with Crippen molar-refractivity contribution in [3.05, 3.63) is 168 Å². The van der Waals surface area contributed by atoms with Crippen LogP contribution in [0, 0.1) is 5.92 Å². The monoisotopic (exact) mass is 621 g/mol. The molecule has 48 heavy (non-hydrogen) atoms. The molecule has 1 aliphatic carbocycles. The number of aromatic nitrogens is 1. The van der Waals surface area contributed by atoms with Crippen molar-refractivity contribution in [2.75, 3.05) is 5.01 Å². The van der Waals surface area contributed by atoms with Crippen LogP contribution in [-0.4, -0.2) is 10.3 Å². The summed E-state index contributed by atoms with van der Waals surface area (Å²) in [5.41, 5.74) is 14.3. The largest absolute Gasteiger partial charge is 0.340 e. The standard InChI is InChI=1S/C45H39N3/c1-31(2)27-28-47-44-20-12-11-19-41(44)43-30-34(23-26-45(43)47)32(3)46-48(35-13-5-4-6-14-35)36-24-21-33(22-25-36)29-42-39-17-9-7-15-37(39)38-16-8-10-18-40(38)42/h4-26,29-31H,27-28H2,1-3H3/b46-32-. The first-order chi connectivity index (χ1) is 23.5. The van der Waals surface area contributed by atoms with Gasteiger partial charge in [0.1, 0.15) is 0 Å². The number of hydrazone groups is 1. The summed E-state index contributed by atoms with van der Waals surface area (Å²) in [4.78, 5) is 0. The number of benzene rings is 6. The van der Waals surface area contributed by atoms with E-state index in [1.165, 1.54) is 49.6 Å². The Hall–Kier alpha value is -5.67. The highest BCUT2D eigenvalue weighted by Crippen LogP contribution is 2.44. The van der Waals surface area contributed by atoms with Crippen molar-refractivity contribution in [3.63, 3.8) is 0 Å². The SMILES string of the molecule is C/C(=N/N(c1ccccc1)c1ccc(C=C2c3ccccc3-c3ccccc32)cc1)c1ccc2c(c1)c1ccccc1n2CCC(C)C. The van der Waals surface area contributed by atoms with Gasteiger partial charge < -0.3 is 4.57 Å². The lowest BCUT2D eigenvalue weighted by molar-refractivity contribution is 0.531. The number of hydrogen-bond donors (Lipinski definition) is 0. The molecule has 1 heterocycles. The summed E-state index contributed by atoms with van der Waals surface area (Å²) in [6, 6.07) is 52.2. The fourth-order valence-corrected chi connectivity index (χ4v) is 7.03. The van der Waals surface area contributed by atoms with E-state index >= 15 is 0 Å². The van der Waals surface area contributed by atoms with Gasteiger partial charge in [0, 0.05) is 28.4 Å². The Morgan fingerprint density at radius 3 is 1.90 bits per heavy atom. The van der Waals surface area contributed by atoms with Crippen molar-refractivity contribution in [3.8, 4) is 11.1 Å². The fraction of sp³-hybridized carbons (Fsp3) is 0.133. The van der Waals surface area contributed by atoms with Gasteiger partial charge in [-0.1, -0.05) is 117 Å². The van der Waals surface area contributed by atoms with Crippen molar-refractivity contribution in [1.82, 2.24) is 4.57 Å². The lowest BCUT2D eigenvalue weighted by atomic mass is 10.0. The molecule has 0 saturated heterocycles. The number of anilines is 2. The maximum Gasteiger partial charge on any atom is 0.0655 e. The smallest absolute Gasteiger partial charge is 0.0655 e. The summed E-state index contributed by atoms with van der Waals surface area (Å²) in [5, 5.41) is 9.89. The van der Waals surface area contributed by atoms with Crippen LogP contribution in [0.25, 0.3) is 44.6 Å². The molecule has 6 aromatic carbocycles. The van der Waals surface area contributed by atoms with Crippen LogP contribution in [0.5, 0.6) is 0 Å². The first-order valence-electron chi connectivity index (χ1n) is 17.0. The molecule has 1 aliphatic rings. The van der Waals surface area contributed by atoms with E-state index in [0.29, 0.717) is 5.92 Å². The Morgan fingerprint density at radius 2 is 1.21 bits per heavy atom. The number of hydrogen-bond acceptors (Lipinski definition) is 2. The molecule has 0 unspecified atom stereocenters. The van der Waals surface area contributed by atoms with Crippen LogP contribution in [0.4, 0.5) is 11.4 Å². The molecular weight excluding hydrogens is 583 g/mol. The summed E-state index contributed by atoms with van der Waals surface area (Å²) >= 11 is 0. The normalized spacial score (nSPS) is 12.5. The first kappa shape index (κ1) is 29.7. The Bertz CT molecular complexity index is 2270. The van der Waals surface area contributed by atoms with E-state index in [2.05, 4.69) is 176 Å². The lowest BCUT2D eigenvalue weighted by Gasteiger charge is -2.21. The molecule has 0 radical (unpaired) electrons. The molecule has 0 spiro atoms. The second-order valence-corrected chi connectivity index (χ2v) is 13.2. The molecule has 0 atom stereocenters. The van der Waals surface area contributed by atoms with Gasteiger partial charge in [-0.15, -0.1) is 0 Å². The number of para-hydroxylation sites is 2. The van der Waals surface area contributed by atoms with Crippen LogP contribution < -0.4 is 5.01 Å². The molecule has 0 saturated carbocycles. The van der Waals surface area contributed by atoms with Crippen LogP contribution in [-0.2, 0) is 6.54 Å². The minimum Gasteiger partial charge on any atom is -0.340 e. The zero-order valence-electron chi connectivity index (χ0n) is 27.8. The third kappa shape index (κ3) is 5.42. The minimum absolute atomic E-state index is 0.653. The zero-order chi connectivity index (χ0) is 32.6. The van der Waals surface area contributed by atoms with E-state index in [1.807, 2.05) is 6.07 Å². The third-order valence-corrected chi connectivity index (χ3v) is 9.54. The predicted octanol–water partition coefficient (Wildman–Crippen LogP) is 12.0. The van der Waals surface area contributed by atoms with Gasteiger partial charge in [0.2, 0.25) is 0 Å². The summed E-state index contributed by atoms with van der Waals surface area (Å²) in [6.07, 6.45) is 3.46. The summed E-state index contributed by atoms with van der Waals surface area (Å²) in [6.45, 7) is 7.72. The van der Waals surface area contributed by atoms with Gasteiger partial charge in [-0.3, -0.25) is 0 Å². The molecule has 1 aromatic heterocycles.